The normalized spacial score (nSPS) is 18.2. The maximum atomic E-state index is 13.7. The molecule has 4 N–H and O–H groups in total. The molecule has 0 bridgehead atoms. The number of β-lactam (4-membered cyclic amide) rings is 1. The largest absolute Gasteiger partial charge is 0.484 e. The van der Waals surface area contributed by atoms with E-state index in [4.69, 9.17) is 15.6 Å². The van der Waals surface area contributed by atoms with E-state index in [9.17, 15) is 33.8 Å². The lowest BCUT2D eigenvalue weighted by atomic mass is 9.92. The predicted molar refractivity (Wildman–Crippen MR) is 170 cm³/mol. The topological polar surface area (TPSA) is 164 Å². The number of nitrogens with one attached hydrogen (secondary N) is 2. The highest BCUT2D eigenvalue weighted by Crippen LogP contribution is 2.46. The number of hydrogen-bond donors (Lipinski definition) is 4. The Morgan fingerprint density at radius 3 is 2.45 bits per heavy atom. The molecule has 0 radical (unpaired) electrons. The Labute approximate surface area is 275 Å². The van der Waals surface area contributed by atoms with Gasteiger partial charge in [-0.25, -0.2) is 9.18 Å². The van der Waals surface area contributed by atoms with E-state index in [0.29, 0.717) is 28.1 Å². The number of aliphatic hydroxyl groups excluding tert-OH is 1. The molecule has 12 nitrogen and oxygen atoms in total. The molecule has 2 aliphatic rings. The molecule has 3 amide bonds. The number of fused-ring (bicyclic) bond motifs is 1. The third-order valence-corrected chi connectivity index (χ3v) is 8.92. The van der Waals surface area contributed by atoms with Crippen LogP contribution in [0.15, 0.2) is 66.7 Å². The maximum absolute atomic E-state index is 13.7. The van der Waals surface area contributed by atoms with Crippen molar-refractivity contribution in [3.63, 3.8) is 0 Å². The second kappa shape index (κ2) is 14.7. The Kier molecular flexibility index (Phi) is 10.1. The summed E-state index contributed by atoms with van der Waals surface area (Å²) in [6, 6.07) is 15.8. The summed E-state index contributed by atoms with van der Waals surface area (Å²) in [5.74, 6) is -2.24. The number of nitrogens with zero attached hydrogens (tertiary/aromatic N) is 1. The summed E-state index contributed by atoms with van der Waals surface area (Å²) in [5.41, 5.74) is 1.85. The molecule has 248 valence electrons. The molecule has 4 atom stereocenters. The second-order valence-electron chi connectivity index (χ2n) is 11.2. The van der Waals surface area contributed by atoms with Gasteiger partial charge in [0.1, 0.15) is 22.9 Å². The average Bonchev–Trinajstić information content (AvgIpc) is 3.54. The number of aliphatic hydroxyl groups is 1. The van der Waals surface area contributed by atoms with E-state index >= 15 is 0 Å². The predicted octanol–water partition coefficient (Wildman–Crippen LogP) is 3.20. The fourth-order valence-corrected chi connectivity index (χ4v) is 6.39. The minimum atomic E-state index is -1.22. The molecule has 2 heterocycles. The van der Waals surface area contributed by atoms with Crippen molar-refractivity contribution in [2.45, 2.75) is 37.3 Å². The van der Waals surface area contributed by atoms with Crippen LogP contribution in [-0.2, 0) is 19.2 Å². The summed E-state index contributed by atoms with van der Waals surface area (Å²) in [6.07, 6.45) is -0.886. The van der Waals surface area contributed by atoms with Crippen molar-refractivity contribution in [1.82, 2.24) is 10.6 Å². The van der Waals surface area contributed by atoms with Gasteiger partial charge in [-0.3, -0.25) is 14.4 Å². The van der Waals surface area contributed by atoms with E-state index in [1.54, 1.807) is 61.2 Å². The number of carboxylic acids is 1. The van der Waals surface area contributed by atoms with Gasteiger partial charge in [-0.2, -0.15) is 0 Å². The van der Waals surface area contributed by atoms with E-state index in [1.807, 2.05) is 0 Å². The minimum absolute atomic E-state index is 0.109. The van der Waals surface area contributed by atoms with Crippen molar-refractivity contribution >= 4 is 41.1 Å². The van der Waals surface area contributed by atoms with Gasteiger partial charge in [-0.15, -0.1) is 11.8 Å². The Morgan fingerprint density at radius 1 is 1.06 bits per heavy atom. The lowest BCUT2D eigenvalue weighted by Crippen LogP contribution is -2.57. The van der Waals surface area contributed by atoms with Crippen molar-refractivity contribution in [3.05, 3.63) is 83.7 Å². The number of anilines is 1. The second-order valence-corrected chi connectivity index (χ2v) is 12.4. The first-order valence-corrected chi connectivity index (χ1v) is 15.8. The van der Waals surface area contributed by atoms with E-state index in [2.05, 4.69) is 5.32 Å². The zero-order chi connectivity index (χ0) is 34.5. The van der Waals surface area contributed by atoms with Crippen LogP contribution >= 0.6 is 11.8 Å². The monoisotopic (exact) mass is 668 g/mol. The summed E-state index contributed by atoms with van der Waals surface area (Å²) in [4.78, 5) is 50.9. The van der Waals surface area contributed by atoms with Crippen molar-refractivity contribution in [1.29, 1.82) is 0 Å². The van der Waals surface area contributed by atoms with Crippen molar-refractivity contribution in [3.8, 4) is 17.2 Å². The molecule has 47 heavy (non-hydrogen) atoms. The molecular weight excluding hydrogens is 633 g/mol. The number of benzene rings is 3. The van der Waals surface area contributed by atoms with Gasteiger partial charge in [-0.05, 0) is 65.6 Å². The maximum Gasteiger partial charge on any atom is 0.326 e. The number of rotatable bonds is 14. The molecule has 14 heteroatoms. The van der Waals surface area contributed by atoms with Crippen LogP contribution in [0.25, 0.3) is 0 Å². The summed E-state index contributed by atoms with van der Waals surface area (Å²) >= 11 is 1.29. The first kappa shape index (κ1) is 32.1. The van der Waals surface area contributed by atoms with Crippen LogP contribution < -0.4 is 29.7 Å². The number of carbonyl (C=O) groups excluding carboxylic acids is 3. The van der Waals surface area contributed by atoms with Crippen molar-refractivity contribution in [2.24, 2.45) is 5.92 Å². The fraction of sp³-hybridized carbons (Fsp3) is 0.333. The molecule has 2 aliphatic heterocycles. The van der Waals surface area contributed by atoms with E-state index in [0.717, 1.165) is 5.56 Å². The minimum Gasteiger partial charge on any atom is -0.484 e. The van der Waals surface area contributed by atoms with Gasteiger partial charge in [0.2, 0.25) is 18.6 Å². The van der Waals surface area contributed by atoms with Gasteiger partial charge in [0.25, 0.3) is 5.91 Å². The first-order valence-electron chi connectivity index (χ1n) is 15.2. The number of ether oxygens (including phenoxy) is 3. The Balaban J connectivity index is 1.22. The Hall–Kier alpha value is -4.82. The van der Waals surface area contributed by atoms with Crippen LogP contribution in [0.4, 0.5) is 10.1 Å². The molecular formula is C33H34FN3O9S. The number of aliphatic carboxylic acids is 1. The van der Waals surface area contributed by atoms with Gasteiger partial charge in [0.15, 0.2) is 19.5 Å². The summed E-state index contributed by atoms with van der Waals surface area (Å²) in [7, 11) is 0. The highest BCUT2D eigenvalue weighted by Gasteiger charge is 2.49. The molecule has 1 saturated heterocycles. The molecule has 0 saturated carbocycles. The smallest absolute Gasteiger partial charge is 0.326 e. The Morgan fingerprint density at radius 2 is 1.77 bits per heavy atom. The third kappa shape index (κ3) is 7.95. The quantitative estimate of drug-likeness (QED) is 0.188. The van der Waals surface area contributed by atoms with Crippen LogP contribution in [0.1, 0.15) is 37.1 Å². The summed E-state index contributed by atoms with van der Waals surface area (Å²) in [5, 5.41) is 22.3. The van der Waals surface area contributed by atoms with Crippen molar-refractivity contribution in [2.75, 3.05) is 30.6 Å². The molecule has 0 aromatic heterocycles. The molecule has 3 aromatic rings. The van der Waals surface area contributed by atoms with Gasteiger partial charge in [0, 0.05) is 11.4 Å². The zero-order valence-electron chi connectivity index (χ0n) is 26.5. The van der Waals surface area contributed by atoms with Crippen LogP contribution in [0.5, 0.6) is 17.2 Å². The molecule has 1 unspecified atom stereocenters. The molecule has 1 fully saturated rings. The number of carboxylic acid groups (broad SMARTS) is 1. The molecule has 0 aliphatic carbocycles. The number of halogens is 1. The highest BCUT2D eigenvalue weighted by molar-refractivity contribution is 8.00. The standard InChI is InChI=1S/C33H34FN3O9S/c1-18(2)29(33(42)43)36-27(39)14-35-28(40)15-44-23-10-3-19(4-11-23)30-31(32(41)37(30)22-8-6-21(34)7-9-22)47-16-24(38)20-5-12-25-26(13-20)46-17-45-25/h3-13,18,24,29-31,38H,14-17H2,1-2H3,(H,35,40)(H,36,39)(H,42,43)/t24?,29-,30+,31+/m0/s1/i/hD. The summed E-state index contributed by atoms with van der Waals surface area (Å²) in [6.45, 7) is 2.13. The van der Waals surface area contributed by atoms with Gasteiger partial charge in [0.05, 0.1) is 18.7 Å². The van der Waals surface area contributed by atoms with E-state index < -0.39 is 66.1 Å². The lowest BCUT2D eigenvalue weighted by Gasteiger charge is -2.47. The van der Waals surface area contributed by atoms with Gasteiger partial charge in [-0.1, -0.05) is 32.0 Å². The molecule has 0 spiro atoms. The molecule has 5 rings (SSSR count). The SMILES string of the molecule is [2H]N(CC(=O)N[C@H](C(=O)O)C(C)C)C(=O)COc1ccc([C@@H]2[C@@H](SCC(O)c3ccc4c(c3)OCO4)C(=O)N2c2ccc(F)cc2)cc1. The van der Waals surface area contributed by atoms with E-state index in [-0.39, 0.29) is 24.2 Å². The Bertz CT molecular complexity index is 1660. The number of thioether (sulfide) groups is 1. The summed E-state index contributed by atoms with van der Waals surface area (Å²) < 4.78 is 37.8. The lowest BCUT2D eigenvalue weighted by molar-refractivity contribution is -0.143. The van der Waals surface area contributed by atoms with Crippen LogP contribution in [0.3, 0.4) is 0 Å². The number of carbonyl (C=O) groups is 4. The number of amides is 3. The van der Waals surface area contributed by atoms with Crippen LogP contribution in [0, 0.1) is 11.7 Å². The van der Waals surface area contributed by atoms with Gasteiger partial charge >= 0.3 is 5.97 Å². The van der Waals surface area contributed by atoms with Gasteiger partial charge < -0.3 is 40.0 Å². The van der Waals surface area contributed by atoms with Crippen molar-refractivity contribution < 1.29 is 49.4 Å². The third-order valence-electron chi connectivity index (χ3n) is 7.60. The highest BCUT2D eigenvalue weighted by atomic mass is 32.2. The molecule has 3 aromatic carbocycles. The number of hydrogen-bond acceptors (Lipinski definition) is 9. The average molecular weight is 669 g/mol. The zero-order valence-corrected chi connectivity index (χ0v) is 26.3. The van der Waals surface area contributed by atoms with Crippen LogP contribution in [0.2, 0.25) is 1.41 Å². The van der Waals surface area contributed by atoms with Crippen LogP contribution in [-0.4, -0.2) is 70.9 Å². The fourth-order valence-electron chi connectivity index (χ4n) is 5.09. The first-order chi connectivity index (χ1) is 22.9. The van der Waals surface area contributed by atoms with E-state index in [1.165, 1.54) is 36.0 Å².